The zero-order valence-corrected chi connectivity index (χ0v) is 15.3. The van der Waals surface area contributed by atoms with Gasteiger partial charge >= 0.3 is 5.97 Å². The van der Waals surface area contributed by atoms with Crippen LogP contribution >= 0.6 is 0 Å². The number of methoxy groups -OCH3 is 1. The molecule has 3 rings (SSSR count). The molecule has 0 saturated carbocycles. The van der Waals surface area contributed by atoms with Crippen molar-refractivity contribution in [3.8, 4) is 11.4 Å². The summed E-state index contributed by atoms with van der Waals surface area (Å²) in [7, 11) is 1.69. The van der Waals surface area contributed by atoms with Crippen molar-refractivity contribution in [2.24, 2.45) is 0 Å². The number of hydrogen-bond acceptors (Lipinski definition) is 5. The molecule has 1 saturated heterocycles. The number of carbonyl (C=O) groups is 1. The minimum Gasteiger partial charge on any atom is -0.477 e. The van der Waals surface area contributed by atoms with Gasteiger partial charge in [0.2, 0.25) is 0 Å². The number of carboxylic acids is 1. The Morgan fingerprint density at radius 2 is 2.04 bits per heavy atom. The van der Waals surface area contributed by atoms with Gasteiger partial charge in [-0.25, -0.2) is 14.8 Å². The van der Waals surface area contributed by atoms with Gasteiger partial charge in [0.25, 0.3) is 0 Å². The van der Waals surface area contributed by atoms with Crippen LogP contribution in [0.15, 0.2) is 36.4 Å². The van der Waals surface area contributed by atoms with Crippen LogP contribution in [0, 0.1) is 0 Å². The Kier molecular flexibility index (Phi) is 6.12. The summed E-state index contributed by atoms with van der Waals surface area (Å²) in [5.41, 5.74) is 0.805. The number of nitrogens with zero attached hydrogens (tertiary/aromatic N) is 3. The number of benzene rings is 1. The maximum absolute atomic E-state index is 11.3. The van der Waals surface area contributed by atoms with Crippen LogP contribution in [-0.2, 0) is 4.74 Å². The third-order valence-corrected chi connectivity index (χ3v) is 3.77. The van der Waals surface area contributed by atoms with Crippen LogP contribution in [0.3, 0.4) is 0 Å². The molecule has 7 heteroatoms. The third-order valence-electron chi connectivity index (χ3n) is 3.77. The second-order valence-electron chi connectivity index (χ2n) is 5.20. The van der Waals surface area contributed by atoms with E-state index in [9.17, 15) is 9.90 Å². The van der Waals surface area contributed by atoms with Crippen molar-refractivity contribution >= 4 is 41.3 Å². The molecule has 23 heavy (non-hydrogen) atoms. The van der Waals surface area contributed by atoms with Gasteiger partial charge in [0.1, 0.15) is 5.82 Å². The first-order valence-electron chi connectivity index (χ1n) is 7.13. The smallest absolute Gasteiger partial charge is 0.354 e. The monoisotopic (exact) mass is 322 g/mol. The summed E-state index contributed by atoms with van der Waals surface area (Å²) in [5, 5.41) is 9.29. The van der Waals surface area contributed by atoms with Crippen molar-refractivity contribution in [1.82, 2.24) is 9.97 Å². The van der Waals surface area contributed by atoms with Crippen LogP contribution < -0.4 is 4.90 Å². The quantitative estimate of drug-likeness (QED) is 0.863. The Bertz CT molecular complexity index is 682. The molecule has 2 heterocycles. The van der Waals surface area contributed by atoms with Crippen molar-refractivity contribution < 1.29 is 14.6 Å². The van der Waals surface area contributed by atoms with Crippen molar-refractivity contribution in [1.29, 1.82) is 0 Å². The van der Waals surface area contributed by atoms with Crippen LogP contribution in [0.25, 0.3) is 11.4 Å². The molecule has 1 aromatic carbocycles. The standard InChI is InChI=1S/C16H17N3O3.Na/c1-22-12-7-8-19(10-12)14-9-13(16(20)21)17-15(18-14)11-5-3-2-4-6-11;/h2-6,9,12H,7-8,10H2,1H3,(H,20,21);/t12-;/m0./s1. The number of ether oxygens (including phenoxy) is 1. The SMILES string of the molecule is CO[C@H]1CCN(c2cc(C(=O)O)nc(-c3ccccc3)n2)C1.[Na]. The minimum atomic E-state index is -1.05. The Morgan fingerprint density at radius 1 is 1.30 bits per heavy atom. The predicted molar refractivity (Wildman–Crippen MR) is 87.8 cm³/mol. The third kappa shape index (κ3) is 4.09. The molecule has 2 aromatic rings. The fraction of sp³-hybridized carbons (Fsp3) is 0.312. The van der Waals surface area contributed by atoms with Crippen LogP contribution in [0.1, 0.15) is 16.9 Å². The number of carboxylic acid groups (broad SMARTS) is 1. The van der Waals surface area contributed by atoms with Crippen LogP contribution in [0.2, 0.25) is 0 Å². The second kappa shape index (κ2) is 7.88. The molecule has 1 aliphatic rings. The van der Waals surface area contributed by atoms with Crippen LogP contribution in [-0.4, -0.2) is 76.9 Å². The Morgan fingerprint density at radius 3 is 2.65 bits per heavy atom. The zero-order chi connectivity index (χ0) is 15.5. The number of hydrogen-bond donors (Lipinski definition) is 1. The summed E-state index contributed by atoms with van der Waals surface area (Å²) in [4.78, 5) is 22.1. The molecule has 1 fully saturated rings. The Hall–Kier alpha value is -1.47. The Balaban J connectivity index is 0.00000192. The average molecular weight is 322 g/mol. The maximum Gasteiger partial charge on any atom is 0.354 e. The molecule has 1 aromatic heterocycles. The minimum absolute atomic E-state index is 0. The Labute approximate surface area is 156 Å². The van der Waals surface area contributed by atoms with Crippen LogP contribution in [0.5, 0.6) is 0 Å². The van der Waals surface area contributed by atoms with Gasteiger partial charge in [-0.05, 0) is 6.42 Å². The summed E-state index contributed by atoms with van der Waals surface area (Å²) >= 11 is 0. The normalized spacial score (nSPS) is 16.9. The van der Waals surface area contributed by atoms with Crippen LogP contribution in [0.4, 0.5) is 5.82 Å². The zero-order valence-electron chi connectivity index (χ0n) is 13.3. The van der Waals surface area contributed by atoms with Crippen molar-refractivity contribution in [2.75, 3.05) is 25.1 Å². The fourth-order valence-electron chi connectivity index (χ4n) is 2.55. The van der Waals surface area contributed by atoms with Gasteiger partial charge in [0.05, 0.1) is 6.10 Å². The molecule has 0 unspecified atom stereocenters. The number of anilines is 1. The van der Waals surface area contributed by atoms with Gasteiger partial charge in [-0.2, -0.15) is 0 Å². The van der Waals surface area contributed by atoms with E-state index in [-0.39, 0.29) is 41.4 Å². The largest absolute Gasteiger partial charge is 0.477 e. The molecule has 0 spiro atoms. The molecule has 0 bridgehead atoms. The molecular weight excluding hydrogens is 305 g/mol. The first kappa shape index (κ1) is 17.9. The van der Waals surface area contributed by atoms with E-state index in [0.29, 0.717) is 18.2 Å². The van der Waals surface area contributed by atoms with E-state index in [2.05, 4.69) is 9.97 Å². The van der Waals surface area contributed by atoms with Crippen molar-refractivity contribution in [3.05, 3.63) is 42.1 Å². The number of rotatable bonds is 4. The van der Waals surface area contributed by atoms with Gasteiger partial charge in [-0.3, -0.25) is 0 Å². The molecule has 0 aliphatic carbocycles. The molecule has 6 nitrogen and oxygen atoms in total. The first-order valence-corrected chi connectivity index (χ1v) is 7.13. The molecule has 115 valence electrons. The summed E-state index contributed by atoms with van der Waals surface area (Å²) in [6.45, 7) is 1.50. The van der Waals surface area contributed by atoms with Gasteiger partial charge in [0, 0.05) is 61.4 Å². The van der Waals surface area contributed by atoms with E-state index < -0.39 is 5.97 Å². The van der Waals surface area contributed by atoms with Crippen molar-refractivity contribution in [3.63, 3.8) is 0 Å². The van der Waals surface area contributed by atoms with Gasteiger partial charge in [-0.15, -0.1) is 0 Å². The molecule has 1 N–H and O–H groups in total. The molecule has 1 atom stereocenters. The fourth-order valence-corrected chi connectivity index (χ4v) is 2.55. The summed E-state index contributed by atoms with van der Waals surface area (Å²) in [6, 6.07) is 10.9. The summed E-state index contributed by atoms with van der Waals surface area (Å²) < 4.78 is 5.35. The van der Waals surface area contributed by atoms with E-state index in [0.717, 1.165) is 18.5 Å². The average Bonchev–Trinajstić information content (AvgIpc) is 3.04. The van der Waals surface area contributed by atoms with Gasteiger partial charge < -0.3 is 14.7 Å². The van der Waals surface area contributed by atoms with E-state index in [1.54, 1.807) is 7.11 Å². The maximum atomic E-state index is 11.3. The second-order valence-corrected chi connectivity index (χ2v) is 5.20. The summed E-state index contributed by atoms with van der Waals surface area (Å²) in [6.07, 6.45) is 1.06. The molecule has 0 amide bonds. The van der Waals surface area contributed by atoms with Gasteiger partial charge in [0.15, 0.2) is 11.5 Å². The van der Waals surface area contributed by atoms with Crippen molar-refractivity contribution in [2.45, 2.75) is 12.5 Å². The predicted octanol–water partition coefficient (Wildman–Crippen LogP) is 1.69. The summed E-state index contributed by atoms with van der Waals surface area (Å²) in [5.74, 6) is 0.00508. The van der Waals surface area contributed by atoms with Gasteiger partial charge in [-0.1, -0.05) is 30.3 Å². The topological polar surface area (TPSA) is 75.5 Å². The molecule has 1 aliphatic heterocycles. The van der Waals surface area contributed by atoms with E-state index in [1.807, 2.05) is 35.2 Å². The number of aromatic nitrogens is 2. The molecule has 1 radical (unpaired) electrons. The molecular formula is C16H17N3NaO3. The van der Waals surface area contributed by atoms with E-state index >= 15 is 0 Å². The van der Waals surface area contributed by atoms with E-state index in [1.165, 1.54) is 6.07 Å². The van der Waals surface area contributed by atoms with E-state index in [4.69, 9.17) is 4.74 Å². The number of aromatic carboxylic acids is 1. The first-order chi connectivity index (χ1) is 10.7.